The second-order valence-electron chi connectivity index (χ2n) is 3.98. The highest BCUT2D eigenvalue weighted by atomic mass is 79.9. The minimum atomic E-state index is -0.593. The fourth-order valence-corrected chi connectivity index (χ4v) is 3.45. The molecule has 0 bridgehead atoms. The van der Waals surface area contributed by atoms with Crippen LogP contribution in [0, 0.1) is 5.82 Å². The second kappa shape index (κ2) is 6.87. The molecule has 0 aliphatic rings. The molecule has 0 spiro atoms. The van der Waals surface area contributed by atoms with E-state index in [4.69, 9.17) is 11.6 Å². The largest absolute Gasteiger partial charge is 0.345 e. The fourth-order valence-electron chi connectivity index (χ4n) is 1.33. The average Bonchev–Trinajstić information content (AvgIpc) is 2.39. The minimum Gasteiger partial charge on any atom is -0.345 e. The third-order valence-electron chi connectivity index (χ3n) is 2.75. The van der Waals surface area contributed by atoms with Crippen molar-refractivity contribution < 1.29 is 9.18 Å². The van der Waals surface area contributed by atoms with E-state index in [0.29, 0.717) is 10.7 Å². The summed E-state index contributed by atoms with van der Waals surface area (Å²) in [6.07, 6.45) is 0.755. The van der Waals surface area contributed by atoms with Crippen LogP contribution in [0.5, 0.6) is 0 Å². The van der Waals surface area contributed by atoms with E-state index in [9.17, 15) is 9.18 Å². The van der Waals surface area contributed by atoms with Crippen LogP contribution in [0.1, 0.15) is 23.7 Å². The molecule has 0 saturated carbocycles. The number of carbonyl (C=O) groups excluding carboxylic acids is 1. The van der Waals surface area contributed by atoms with Crippen LogP contribution in [0.4, 0.5) is 4.39 Å². The Morgan fingerprint density at radius 2 is 2.06 bits per heavy atom. The Kier molecular flexibility index (Phi) is 6.08. The first kappa shape index (κ1) is 15.9. The third kappa shape index (κ3) is 3.68. The first-order valence-corrected chi connectivity index (χ1v) is 7.99. The Balaban J connectivity index is 2.90. The van der Waals surface area contributed by atoms with Crippen molar-refractivity contribution in [3.63, 3.8) is 0 Å². The summed E-state index contributed by atoms with van der Waals surface area (Å²) < 4.78 is 13.3. The number of halogens is 4. The topological polar surface area (TPSA) is 29.1 Å². The van der Waals surface area contributed by atoms with Gasteiger partial charge in [0.25, 0.3) is 5.91 Å². The molecule has 6 heteroatoms. The first-order chi connectivity index (χ1) is 8.48. The lowest BCUT2D eigenvalue weighted by Crippen LogP contribution is -2.51. The molecule has 0 saturated heterocycles. The lowest BCUT2D eigenvalue weighted by atomic mass is 10.0. The van der Waals surface area contributed by atoms with Crippen molar-refractivity contribution in [2.24, 2.45) is 0 Å². The van der Waals surface area contributed by atoms with Crippen molar-refractivity contribution in [1.82, 2.24) is 5.32 Å². The number of nitrogens with one attached hydrogen (secondary N) is 1. The zero-order chi connectivity index (χ0) is 13.8. The summed E-state index contributed by atoms with van der Waals surface area (Å²) >= 11 is 12.3. The molecule has 0 fully saturated rings. The van der Waals surface area contributed by atoms with E-state index < -0.39 is 5.82 Å². The fraction of sp³-hybridized carbons (Fsp3) is 0.417. The highest BCUT2D eigenvalue weighted by Crippen LogP contribution is 2.19. The summed E-state index contributed by atoms with van der Waals surface area (Å²) in [5, 5.41) is 4.14. The van der Waals surface area contributed by atoms with Crippen LogP contribution in [0.3, 0.4) is 0 Å². The molecule has 0 aliphatic heterocycles. The van der Waals surface area contributed by atoms with Gasteiger partial charge in [-0.3, -0.25) is 4.79 Å². The molecule has 0 atom stereocenters. The number of rotatable bonds is 5. The summed E-state index contributed by atoms with van der Waals surface area (Å²) in [5.74, 6) is -0.907. The molecule has 100 valence electrons. The van der Waals surface area contributed by atoms with Crippen LogP contribution in [-0.2, 0) is 0 Å². The Hall–Kier alpha value is -0.130. The van der Waals surface area contributed by atoms with Crippen LogP contribution in [0.25, 0.3) is 0 Å². The highest BCUT2D eigenvalue weighted by Gasteiger charge is 2.28. The van der Waals surface area contributed by atoms with Gasteiger partial charge in [0.15, 0.2) is 0 Å². The van der Waals surface area contributed by atoms with Gasteiger partial charge in [0, 0.05) is 16.2 Å². The number of benzene rings is 1. The van der Waals surface area contributed by atoms with E-state index in [-0.39, 0.29) is 22.0 Å². The molecular formula is C12H13Br2ClFNO. The molecule has 18 heavy (non-hydrogen) atoms. The van der Waals surface area contributed by atoms with E-state index in [0.717, 1.165) is 12.5 Å². The normalized spacial score (nSPS) is 11.4. The maximum absolute atomic E-state index is 13.3. The summed E-state index contributed by atoms with van der Waals surface area (Å²) in [7, 11) is 0. The van der Waals surface area contributed by atoms with Crippen molar-refractivity contribution in [3.8, 4) is 0 Å². The molecule has 0 radical (unpaired) electrons. The van der Waals surface area contributed by atoms with Crippen molar-refractivity contribution in [1.29, 1.82) is 0 Å². The Bertz CT molecular complexity index is 430. The van der Waals surface area contributed by atoms with E-state index in [1.807, 2.05) is 6.92 Å². The van der Waals surface area contributed by atoms with Gasteiger partial charge >= 0.3 is 0 Å². The third-order valence-corrected chi connectivity index (χ3v) is 5.20. The predicted molar refractivity (Wildman–Crippen MR) is 79.5 cm³/mol. The quantitative estimate of drug-likeness (QED) is 0.738. The maximum atomic E-state index is 13.3. The number of hydrogen-bond acceptors (Lipinski definition) is 1. The number of carbonyl (C=O) groups is 1. The molecule has 1 aromatic rings. The van der Waals surface area contributed by atoms with E-state index >= 15 is 0 Å². The highest BCUT2D eigenvalue weighted by molar-refractivity contribution is 9.09. The van der Waals surface area contributed by atoms with Gasteiger partial charge in [0.1, 0.15) is 5.82 Å². The molecular weight excluding hydrogens is 388 g/mol. The smallest absolute Gasteiger partial charge is 0.251 e. The summed E-state index contributed by atoms with van der Waals surface area (Å²) in [4.78, 5) is 12.0. The van der Waals surface area contributed by atoms with E-state index in [1.165, 1.54) is 12.1 Å². The van der Waals surface area contributed by atoms with Gasteiger partial charge < -0.3 is 5.32 Å². The van der Waals surface area contributed by atoms with Gasteiger partial charge in [-0.2, -0.15) is 0 Å². The summed E-state index contributed by atoms with van der Waals surface area (Å²) in [6.45, 7) is 1.98. The maximum Gasteiger partial charge on any atom is 0.251 e. The Morgan fingerprint density at radius 3 is 2.50 bits per heavy atom. The Labute approximate surface area is 128 Å². The second-order valence-corrected chi connectivity index (χ2v) is 5.51. The molecule has 0 aromatic heterocycles. The standard InChI is InChI=1S/C12H13Br2ClFNO/c1-2-12(6-13,7-14)17-11(18)8-3-4-9(15)10(16)5-8/h3-5H,2,6-7H2,1H3,(H,17,18). The van der Waals surface area contributed by atoms with Gasteiger partial charge in [0.2, 0.25) is 0 Å². The molecule has 1 aromatic carbocycles. The molecule has 1 N–H and O–H groups in total. The molecule has 0 unspecified atom stereocenters. The minimum absolute atomic E-state index is 0.00860. The monoisotopic (exact) mass is 399 g/mol. The summed E-state index contributed by atoms with van der Waals surface area (Å²) in [5.41, 5.74) is -0.121. The summed E-state index contributed by atoms with van der Waals surface area (Å²) in [6, 6.07) is 4.02. The van der Waals surface area contributed by atoms with Gasteiger partial charge in [-0.05, 0) is 24.6 Å². The van der Waals surface area contributed by atoms with Crippen LogP contribution in [0.2, 0.25) is 5.02 Å². The average molecular weight is 402 g/mol. The van der Waals surface area contributed by atoms with Gasteiger partial charge in [-0.1, -0.05) is 50.4 Å². The lowest BCUT2D eigenvalue weighted by molar-refractivity contribution is 0.0915. The van der Waals surface area contributed by atoms with Crippen LogP contribution in [-0.4, -0.2) is 22.1 Å². The first-order valence-electron chi connectivity index (χ1n) is 5.37. The Morgan fingerprint density at radius 1 is 1.44 bits per heavy atom. The van der Waals surface area contributed by atoms with Crippen LogP contribution < -0.4 is 5.32 Å². The molecule has 1 amide bonds. The van der Waals surface area contributed by atoms with Crippen molar-refractivity contribution >= 4 is 49.4 Å². The SMILES string of the molecule is CCC(CBr)(CBr)NC(=O)c1ccc(Cl)c(F)c1. The number of hydrogen-bond donors (Lipinski definition) is 1. The van der Waals surface area contributed by atoms with Gasteiger partial charge in [0.05, 0.1) is 10.6 Å². The van der Waals surface area contributed by atoms with Crippen molar-refractivity contribution in [2.75, 3.05) is 10.7 Å². The van der Waals surface area contributed by atoms with Crippen molar-refractivity contribution in [2.45, 2.75) is 18.9 Å². The molecule has 0 heterocycles. The predicted octanol–water partition coefficient (Wildman–Crippen LogP) is 4.15. The van der Waals surface area contributed by atoms with Crippen molar-refractivity contribution in [3.05, 3.63) is 34.6 Å². The zero-order valence-corrected chi connectivity index (χ0v) is 13.7. The van der Waals surface area contributed by atoms with Crippen LogP contribution >= 0.6 is 43.5 Å². The molecule has 1 rings (SSSR count). The number of alkyl halides is 2. The van der Waals surface area contributed by atoms with Gasteiger partial charge in [-0.15, -0.1) is 0 Å². The van der Waals surface area contributed by atoms with Gasteiger partial charge in [-0.25, -0.2) is 4.39 Å². The molecule has 2 nitrogen and oxygen atoms in total. The van der Waals surface area contributed by atoms with E-state index in [2.05, 4.69) is 37.2 Å². The van der Waals surface area contributed by atoms with Crippen LogP contribution in [0.15, 0.2) is 18.2 Å². The molecule has 0 aliphatic carbocycles. The van der Waals surface area contributed by atoms with E-state index in [1.54, 1.807) is 0 Å². The zero-order valence-electron chi connectivity index (χ0n) is 9.77. The number of amides is 1. The lowest BCUT2D eigenvalue weighted by Gasteiger charge is -2.30.